The third kappa shape index (κ3) is 6.06. The van der Waals surface area contributed by atoms with E-state index >= 15 is 0 Å². The normalized spacial score (nSPS) is 10.8. The van der Waals surface area contributed by atoms with Gasteiger partial charge in [0.15, 0.2) is 9.11 Å². The van der Waals surface area contributed by atoms with Crippen molar-refractivity contribution in [2.75, 3.05) is 16.8 Å². The molecule has 12 nitrogen and oxygen atoms in total. The van der Waals surface area contributed by atoms with Crippen LogP contribution in [0.1, 0.15) is 16.4 Å². The van der Waals surface area contributed by atoms with Crippen molar-refractivity contribution in [2.24, 2.45) is 5.73 Å². The van der Waals surface area contributed by atoms with E-state index in [0.717, 1.165) is 34.9 Å². The Morgan fingerprint density at radius 2 is 2.19 bits per heavy atom. The number of anilines is 2. The zero-order chi connectivity index (χ0) is 23.3. The number of nitrogens with zero attached hydrogens (tertiary/aromatic N) is 4. The van der Waals surface area contributed by atoms with Crippen LogP contribution < -0.4 is 22.3 Å². The Labute approximate surface area is 197 Å². The van der Waals surface area contributed by atoms with E-state index in [1.807, 2.05) is 0 Å². The Kier molecular flexibility index (Phi) is 7.84. The molecule has 0 atom stereocenters. The summed E-state index contributed by atoms with van der Waals surface area (Å²) in [5.41, 5.74) is 10.7. The highest BCUT2D eigenvalue weighted by molar-refractivity contribution is 7.99. The molecule has 3 heterocycles. The maximum Gasteiger partial charge on any atom is 0.277 e. The lowest BCUT2D eigenvalue weighted by Gasteiger charge is -2.06. The topological polar surface area (TPSA) is 188 Å². The minimum atomic E-state index is -0.711. The molecule has 0 bridgehead atoms. The molecule has 168 valence electrons. The number of hydrogen-bond donors (Lipinski definition) is 4. The number of carbonyl (C=O) groups excluding carboxylic acids is 2. The van der Waals surface area contributed by atoms with Crippen LogP contribution in [0.25, 0.3) is 0 Å². The van der Waals surface area contributed by atoms with Crippen LogP contribution in [-0.4, -0.2) is 42.3 Å². The SMILES string of the molecule is C=CCn1c(C(N)=O)c(NC(=O)CSc2nnc(CSc3nc(N)cc(=O)[nH]3)o2)sc1=S. The van der Waals surface area contributed by atoms with Crippen LogP contribution in [0.4, 0.5) is 10.8 Å². The number of primary amides is 1. The molecule has 0 aliphatic heterocycles. The van der Waals surface area contributed by atoms with Gasteiger partial charge in [0.2, 0.25) is 11.8 Å². The van der Waals surface area contributed by atoms with E-state index in [4.69, 9.17) is 28.1 Å². The van der Waals surface area contributed by atoms with Crippen LogP contribution in [0.3, 0.4) is 0 Å². The van der Waals surface area contributed by atoms with Gasteiger partial charge in [-0.25, -0.2) is 4.98 Å². The molecule has 0 fully saturated rings. The molecule has 0 aliphatic rings. The van der Waals surface area contributed by atoms with Crippen molar-refractivity contribution in [3.8, 4) is 0 Å². The summed E-state index contributed by atoms with van der Waals surface area (Å²) in [6, 6.07) is 1.17. The summed E-state index contributed by atoms with van der Waals surface area (Å²) < 4.78 is 7.36. The van der Waals surface area contributed by atoms with Gasteiger partial charge in [-0.3, -0.25) is 14.4 Å². The molecule has 0 radical (unpaired) electrons. The Morgan fingerprint density at radius 3 is 2.88 bits per heavy atom. The molecule has 16 heteroatoms. The van der Waals surface area contributed by atoms with Crippen molar-refractivity contribution in [1.29, 1.82) is 0 Å². The lowest BCUT2D eigenvalue weighted by Crippen LogP contribution is -2.21. The zero-order valence-corrected chi connectivity index (χ0v) is 19.5. The second kappa shape index (κ2) is 10.6. The van der Waals surface area contributed by atoms with Crippen LogP contribution in [-0.2, 0) is 17.1 Å². The predicted octanol–water partition coefficient (Wildman–Crippen LogP) is 1.64. The molecule has 0 unspecified atom stereocenters. The van der Waals surface area contributed by atoms with Gasteiger partial charge in [-0.15, -0.1) is 16.8 Å². The summed E-state index contributed by atoms with van der Waals surface area (Å²) >= 11 is 8.46. The first-order valence-corrected chi connectivity index (χ1v) is 11.9. The Balaban J connectivity index is 1.57. The first-order chi connectivity index (χ1) is 15.3. The van der Waals surface area contributed by atoms with E-state index in [0.29, 0.717) is 15.7 Å². The molecule has 32 heavy (non-hydrogen) atoms. The molecule has 3 aromatic rings. The third-order valence-electron chi connectivity index (χ3n) is 3.54. The molecule has 0 aliphatic carbocycles. The zero-order valence-electron chi connectivity index (χ0n) is 16.2. The van der Waals surface area contributed by atoms with Gasteiger partial charge >= 0.3 is 0 Å². The number of H-pyrrole nitrogens is 1. The van der Waals surface area contributed by atoms with E-state index in [1.165, 1.54) is 10.6 Å². The van der Waals surface area contributed by atoms with Crippen molar-refractivity contribution in [3.63, 3.8) is 0 Å². The summed E-state index contributed by atoms with van der Waals surface area (Å²) in [7, 11) is 0. The average molecular weight is 513 g/mol. The molecule has 0 aromatic carbocycles. The predicted molar refractivity (Wildman–Crippen MR) is 124 cm³/mol. The Hall–Kier alpha value is -2.95. The van der Waals surface area contributed by atoms with E-state index in [9.17, 15) is 14.4 Å². The maximum absolute atomic E-state index is 12.3. The highest BCUT2D eigenvalue weighted by Crippen LogP contribution is 2.27. The number of nitrogens with two attached hydrogens (primary N) is 2. The van der Waals surface area contributed by atoms with Gasteiger partial charge < -0.3 is 30.8 Å². The second-order valence-electron chi connectivity index (χ2n) is 5.87. The molecule has 6 N–H and O–H groups in total. The van der Waals surface area contributed by atoms with E-state index in [-0.39, 0.29) is 44.7 Å². The van der Waals surface area contributed by atoms with Crippen LogP contribution in [0.5, 0.6) is 0 Å². The van der Waals surface area contributed by atoms with E-state index < -0.39 is 11.8 Å². The number of thiazole rings is 1. The van der Waals surface area contributed by atoms with Crippen LogP contribution in [0.2, 0.25) is 0 Å². The Bertz CT molecular complexity index is 1280. The molecule has 3 rings (SSSR count). The van der Waals surface area contributed by atoms with Crippen molar-refractivity contribution in [2.45, 2.75) is 22.7 Å². The summed E-state index contributed by atoms with van der Waals surface area (Å²) in [4.78, 5) is 42.1. The summed E-state index contributed by atoms with van der Waals surface area (Å²) in [6.07, 6.45) is 1.57. The number of thioether (sulfide) groups is 2. The standard InChI is InChI=1S/C16H16N8O4S4/c1-2-3-24-11(12(18)27)13(32-16(24)29)20-9(26)5-31-15-23-22-10(28-15)6-30-14-19-7(17)4-8(25)21-14/h2,4H,1,3,5-6H2,(H2,18,27)(H,20,26)(H3,17,19,21,25). The van der Waals surface area contributed by atoms with Crippen LogP contribution in [0.15, 0.2) is 38.3 Å². The van der Waals surface area contributed by atoms with Crippen LogP contribution in [0, 0.1) is 3.95 Å². The van der Waals surface area contributed by atoms with Crippen molar-refractivity contribution < 1.29 is 14.0 Å². The first-order valence-electron chi connectivity index (χ1n) is 8.65. The largest absolute Gasteiger partial charge is 0.415 e. The summed E-state index contributed by atoms with van der Waals surface area (Å²) in [5, 5.41) is 11.1. The quantitative estimate of drug-likeness (QED) is 0.134. The van der Waals surface area contributed by atoms with Gasteiger partial charge in [0.05, 0.1) is 11.5 Å². The second-order valence-corrected chi connectivity index (χ2v) is 9.41. The minimum absolute atomic E-state index is 0.0524. The smallest absolute Gasteiger partial charge is 0.277 e. The number of nitrogen functional groups attached to an aromatic ring is 1. The molecule has 0 spiro atoms. The van der Waals surface area contributed by atoms with Gasteiger partial charge in [-0.2, -0.15) is 0 Å². The summed E-state index contributed by atoms with van der Waals surface area (Å²) in [6.45, 7) is 3.91. The average Bonchev–Trinajstić information content (AvgIpc) is 3.29. The molecule has 0 saturated carbocycles. The number of rotatable bonds is 10. The van der Waals surface area contributed by atoms with Gasteiger partial charge in [-0.1, -0.05) is 40.9 Å². The fraction of sp³-hybridized carbons (Fsp3) is 0.188. The number of allylic oxidation sites excluding steroid dienone is 1. The third-order valence-corrected chi connectivity index (χ3v) is 6.58. The number of nitrogens with one attached hydrogen (secondary N) is 2. The van der Waals surface area contributed by atoms with E-state index in [2.05, 4.69) is 32.1 Å². The molecule has 3 aromatic heterocycles. The fourth-order valence-electron chi connectivity index (χ4n) is 2.33. The fourth-order valence-corrected chi connectivity index (χ4v) is 4.96. The first kappa shape index (κ1) is 23.7. The lowest BCUT2D eigenvalue weighted by molar-refractivity contribution is -0.113. The number of amides is 2. The van der Waals surface area contributed by atoms with Gasteiger partial charge in [-0.05, 0) is 12.2 Å². The monoisotopic (exact) mass is 512 g/mol. The van der Waals surface area contributed by atoms with Gasteiger partial charge in [0.1, 0.15) is 16.5 Å². The number of hydrogen-bond acceptors (Lipinski definition) is 12. The molecular formula is C16H16N8O4S4. The molecule has 0 saturated heterocycles. The number of carbonyl (C=O) groups is 2. The molecule has 2 amide bonds. The summed E-state index contributed by atoms with van der Waals surface area (Å²) in [5.74, 6) is -0.546. The van der Waals surface area contributed by atoms with Crippen molar-refractivity contribution in [3.05, 3.63) is 44.6 Å². The Morgan fingerprint density at radius 1 is 1.41 bits per heavy atom. The van der Waals surface area contributed by atoms with Crippen molar-refractivity contribution in [1.82, 2.24) is 24.7 Å². The highest BCUT2D eigenvalue weighted by Gasteiger charge is 2.19. The van der Waals surface area contributed by atoms with Gasteiger partial charge in [0, 0.05) is 12.6 Å². The highest BCUT2D eigenvalue weighted by atomic mass is 32.2. The minimum Gasteiger partial charge on any atom is -0.415 e. The number of aromatic nitrogens is 5. The van der Waals surface area contributed by atoms with E-state index in [1.54, 1.807) is 6.08 Å². The van der Waals surface area contributed by atoms with Crippen LogP contribution >= 0.6 is 47.1 Å². The lowest BCUT2D eigenvalue weighted by atomic mass is 10.4. The number of aromatic amines is 1. The molecular weight excluding hydrogens is 496 g/mol. The van der Waals surface area contributed by atoms with Gasteiger partial charge in [0.25, 0.3) is 16.7 Å². The van der Waals surface area contributed by atoms with Crippen molar-refractivity contribution >= 4 is 69.7 Å². The maximum atomic E-state index is 12.3.